The minimum Gasteiger partial charge on any atom is -0.356 e. The molecule has 0 atom stereocenters. The minimum absolute atomic E-state index is 0.126. The highest BCUT2D eigenvalue weighted by molar-refractivity contribution is 5.75. The monoisotopic (exact) mass is 274 g/mol. The number of hydrogen-bond acceptors (Lipinski definition) is 4. The van der Waals surface area contributed by atoms with E-state index >= 15 is 0 Å². The van der Waals surface area contributed by atoms with E-state index in [2.05, 4.69) is 26.8 Å². The quantitative estimate of drug-likeness (QED) is 0.803. The predicted octanol–water partition coefficient (Wildman–Crippen LogP) is 1.78. The molecule has 1 saturated heterocycles. The van der Waals surface area contributed by atoms with Gasteiger partial charge >= 0.3 is 0 Å². The van der Waals surface area contributed by atoms with Crippen molar-refractivity contribution in [2.45, 2.75) is 25.7 Å². The minimum atomic E-state index is 0.126. The lowest BCUT2D eigenvalue weighted by molar-refractivity contribution is -0.121. The zero-order valence-corrected chi connectivity index (χ0v) is 11.8. The molecular weight excluding hydrogens is 252 g/mol. The molecule has 1 N–H and O–H groups in total. The van der Waals surface area contributed by atoms with Crippen molar-refractivity contribution in [1.82, 2.24) is 15.3 Å². The number of nitrogens with one attached hydrogen (secondary N) is 1. The molecular formula is C15H22N4O. The van der Waals surface area contributed by atoms with Crippen LogP contribution in [0.4, 0.5) is 5.82 Å². The van der Waals surface area contributed by atoms with Gasteiger partial charge in [0.1, 0.15) is 5.82 Å². The second kappa shape index (κ2) is 7.62. The molecule has 0 aromatic carbocycles. The number of aromatic nitrogens is 2. The van der Waals surface area contributed by atoms with E-state index < -0.39 is 0 Å². The van der Waals surface area contributed by atoms with Gasteiger partial charge in [-0.1, -0.05) is 6.08 Å². The van der Waals surface area contributed by atoms with E-state index in [1.165, 1.54) is 0 Å². The fourth-order valence-corrected chi connectivity index (χ4v) is 2.40. The number of carbonyl (C=O) groups is 1. The second-order valence-electron chi connectivity index (χ2n) is 5.13. The summed E-state index contributed by atoms with van der Waals surface area (Å²) in [6, 6.07) is 0. The van der Waals surface area contributed by atoms with Crippen molar-refractivity contribution in [3.8, 4) is 0 Å². The van der Waals surface area contributed by atoms with Crippen molar-refractivity contribution in [1.29, 1.82) is 0 Å². The van der Waals surface area contributed by atoms with Crippen molar-refractivity contribution in [3.05, 3.63) is 31.2 Å². The summed E-state index contributed by atoms with van der Waals surface area (Å²) in [6.07, 6.45) is 10.4. The summed E-state index contributed by atoms with van der Waals surface area (Å²) < 4.78 is 0. The zero-order chi connectivity index (χ0) is 14.2. The van der Waals surface area contributed by atoms with E-state index in [9.17, 15) is 4.79 Å². The first-order valence-corrected chi connectivity index (χ1v) is 7.18. The number of hydrogen-bond donors (Lipinski definition) is 1. The molecule has 0 spiro atoms. The van der Waals surface area contributed by atoms with Gasteiger partial charge in [-0.25, -0.2) is 4.98 Å². The summed E-state index contributed by atoms with van der Waals surface area (Å²) in [7, 11) is 0. The Labute approximate surface area is 120 Å². The van der Waals surface area contributed by atoms with Crippen molar-refractivity contribution >= 4 is 11.7 Å². The van der Waals surface area contributed by atoms with Crippen molar-refractivity contribution < 1.29 is 4.79 Å². The molecule has 108 valence electrons. The molecule has 5 nitrogen and oxygen atoms in total. The summed E-state index contributed by atoms with van der Waals surface area (Å²) in [5, 5.41) is 3.01. The number of anilines is 1. The summed E-state index contributed by atoms with van der Waals surface area (Å²) in [5.41, 5.74) is 0. The number of piperidine rings is 1. The van der Waals surface area contributed by atoms with Gasteiger partial charge in [-0.3, -0.25) is 9.78 Å². The third-order valence-electron chi connectivity index (χ3n) is 3.65. The molecule has 1 fully saturated rings. The normalized spacial score (nSPS) is 15.9. The Balaban J connectivity index is 1.69. The average Bonchev–Trinajstić information content (AvgIpc) is 2.52. The molecule has 0 radical (unpaired) electrons. The van der Waals surface area contributed by atoms with E-state index in [0.717, 1.165) is 44.7 Å². The summed E-state index contributed by atoms with van der Waals surface area (Å²) >= 11 is 0. The highest BCUT2D eigenvalue weighted by Crippen LogP contribution is 2.20. The van der Waals surface area contributed by atoms with Gasteiger partial charge in [0.05, 0.1) is 6.20 Å². The number of rotatable bonds is 6. The summed E-state index contributed by atoms with van der Waals surface area (Å²) in [4.78, 5) is 22.2. The first-order chi connectivity index (χ1) is 9.79. The second-order valence-corrected chi connectivity index (χ2v) is 5.13. The lowest BCUT2D eigenvalue weighted by atomic mass is 9.97. The first-order valence-electron chi connectivity index (χ1n) is 7.18. The first kappa shape index (κ1) is 14.5. The van der Waals surface area contributed by atoms with Crippen LogP contribution in [0.15, 0.2) is 31.2 Å². The van der Waals surface area contributed by atoms with Crippen LogP contribution in [0, 0.1) is 5.92 Å². The largest absolute Gasteiger partial charge is 0.356 e. The highest BCUT2D eigenvalue weighted by Gasteiger charge is 2.20. The molecule has 0 aliphatic carbocycles. The Kier molecular flexibility index (Phi) is 5.53. The number of allylic oxidation sites excluding steroid dienone is 1. The van der Waals surface area contributed by atoms with E-state index in [4.69, 9.17) is 0 Å². The third kappa shape index (κ3) is 4.33. The lowest BCUT2D eigenvalue weighted by Crippen LogP contribution is -2.39. The fraction of sp³-hybridized carbons (Fsp3) is 0.533. The van der Waals surface area contributed by atoms with Crippen molar-refractivity contribution in [2.75, 3.05) is 24.5 Å². The van der Waals surface area contributed by atoms with Gasteiger partial charge in [0.15, 0.2) is 0 Å². The molecule has 2 rings (SSSR count). The highest BCUT2D eigenvalue weighted by atomic mass is 16.1. The van der Waals surface area contributed by atoms with E-state index in [0.29, 0.717) is 12.3 Å². The van der Waals surface area contributed by atoms with Gasteiger partial charge in [0.2, 0.25) is 5.91 Å². The molecule has 5 heteroatoms. The van der Waals surface area contributed by atoms with Crippen LogP contribution >= 0.6 is 0 Å². The third-order valence-corrected chi connectivity index (χ3v) is 3.65. The Hall–Kier alpha value is -1.91. The van der Waals surface area contributed by atoms with E-state index in [1.807, 2.05) is 0 Å². The molecule has 0 bridgehead atoms. The number of nitrogens with zero attached hydrogens (tertiary/aromatic N) is 3. The van der Waals surface area contributed by atoms with Crippen LogP contribution in [0.3, 0.4) is 0 Å². The molecule has 0 saturated carbocycles. The Bertz CT molecular complexity index is 427. The van der Waals surface area contributed by atoms with E-state index in [-0.39, 0.29) is 5.91 Å². The zero-order valence-electron chi connectivity index (χ0n) is 11.8. The van der Waals surface area contributed by atoms with Crippen molar-refractivity contribution in [3.63, 3.8) is 0 Å². The maximum absolute atomic E-state index is 11.5. The molecule has 20 heavy (non-hydrogen) atoms. The van der Waals surface area contributed by atoms with Gasteiger partial charge in [0.25, 0.3) is 0 Å². The van der Waals surface area contributed by atoms with Gasteiger partial charge in [-0.15, -0.1) is 6.58 Å². The summed E-state index contributed by atoms with van der Waals surface area (Å²) in [6.45, 7) is 6.36. The summed E-state index contributed by atoms with van der Waals surface area (Å²) in [5.74, 6) is 1.64. The number of amides is 1. The number of carbonyl (C=O) groups excluding carboxylic acids is 1. The Morgan fingerprint density at radius 1 is 1.45 bits per heavy atom. The van der Waals surface area contributed by atoms with Gasteiger partial charge in [-0.05, 0) is 25.2 Å². The lowest BCUT2D eigenvalue weighted by Gasteiger charge is -2.32. The van der Waals surface area contributed by atoms with Gasteiger partial charge < -0.3 is 10.2 Å². The topological polar surface area (TPSA) is 58.1 Å². The smallest absolute Gasteiger partial charge is 0.220 e. The van der Waals surface area contributed by atoms with Gasteiger partial charge in [-0.2, -0.15) is 0 Å². The Morgan fingerprint density at radius 2 is 2.25 bits per heavy atom. The molecule has 1 aliphatic rings. The molecule has 2 heterocycles. The molecule has 0 unspecified atom stereocenters. The average molecular weight is 274 g/mol. The van der Waals surface area contributed by atoms with Crippen molar-refractivity contribution in [2.24, 2.45) is 5.92 Å². The molecule has 1 aromatic rings. The van der Waals surface area contributed by atoms with Crippen LogP contribution in [-0.4, -0.2) is 35.5 Å². The standard InChI is InChI=1S/C15H22N4O/c1-2-3-4-15(20)18-11-13-5-9-19(10-6-13)14-12-16-7-8-17-14/h2,7-8,12-13H,1,3-6,9-11H2,(H,18,20). The van der Waals surface area contributed by atoms with Crippen LogP contribution in [0.2, 0.25) is 0 Å². The SMILES string of the molecule is C=CCCC(=O)NCC1CCN(c2cnccn2)CC1. The van der Waals surface area contributed by atoms with Crippen LogP contribution in [0.25, 0.3) is 0 Å². The van der Waals surface area contributed by atoms with Crippen LogP contribution in [0.1, 0.15) is 25.7 Å². The Morgan fingerprint density at radius 3 is 2.90 bits per heavy atom. The molecule has 1 aliphatic heterocycles. The van der Waals surface area contributed by atoms with Crippen LogP contribution < -0.4 is 10.2 Å². The maximum Gasteiger partial charge on any atom is 0.220 e. The predicted molar refractivity (Wildman–Crippen MR) is 79.4 cm³/mol. The van der Waals surface area contributed by atoms with Gasteiger partial charge in [0, 0.05) is 38.4 Å². The molecule has 1 aromatic heterocycles. The van der Waals surface area contributed by atoms with E-state index in [1.54, 1.807) is 24.7 Å². The maximum atomic E-state index is 11.5. The van der Waals surface area contributed by atoms with Crippen LogP contribution in [-0.2, 0) is 4.79 Å². The van der Waals surface area contributed by atoms with Crippen LogP contribution in [0.5, 0.6) is 0 Å². The fourth-order valence-electron chi connectivity index (χ4n) is 2.40. The molecule has 1 amide bonds.